The molecule has 1 aliphatic heterocycles. The number of hydrogen-bond donors (Lipinski definition) is 1. The first kappa shape index (κ1) is 13.0. The van der Waals surface area contributed by atoms with Crippen molar-refractivity contribution in [3.63, 3.8) is 0 Å². The van der Waals surface area contributed by atoms with E-state index in [0.29, 0.717) is 11.9 Å². The van der Waals surface area contributed by atoms with E-state index in [4.69, 9.17) is 11.6 Å². The van der Waals surface area contributed by atoms with Crippen LogP contribution in [-0.2, 0) is 0 Å². The Morgan fingerprint density at radius 1 is 1.50 bits per heavy atom. The Balaban J connectivity index is 2.07. The van der Waals surface area contributed by atoms with Gasteiger partial charge in [0.05, 0.1) is 17.1 Å². The highest BCUT2D eigenvalue weighted by Gasteiger charge is 2.18. The van der Waals surface area contributed by atoms with E-state index < -0.39 is 4.92 Å². The zero-order valence-electron chi connectivity index (χ0n) is 10.1. The first-order valence-electron chi connectivity index (χ1n) is 5.81. The van der Waals surface area contributed by atoms with Gasteiger partial charge in [0.2, 0.25) is 0 Å². The van der Waals surface area contributed by atoms with Crippen LogP contribution in [0.3, 0.4) is 0 Å². The van der Waals surface area contributed by atoms with Crippen molar-refractivity contribution in [2.24, 2.45) is 0 Å². The van der Waals surface area contributed by atoms with Gasteiger partial charge in [-0.25, -0.2) is 4.98 Å². The number of nitro groups is 1. The Bertz CT molecular complexity index is 447. The number of nitrogens with one attached hydrogen (secondary N) is 1. The minimum atomic E-state index is -0.465. The van der Waals surface area contributed by atoms with Crippen molar-refractivity contribution >= 4 is 23.1 Å². The molecule has 0 atom stereocenters. The number of hydrogen-bond acceptors (Lipinski definition) is 5. The second-order valence-electron chi connectivity index (χ2n) is 4.51. The van der Waals surface area contributed by atoms with Gasteiger partial charge in [-0.2, -0.15) is 0 Å². The van der Waals surface area contributed by atoms with Gasteiger partial charge in [0.1, 0.15) is 11.0 Å². The van der Waals surface area contributed by atoms with Gasteiger partial charge in [0.15, 0.2) is 0 Å². The zero-order valence-corrected chi connectivity index (χ0v) is 10.9. The van der Waals surface area contributed by atoms with E-state index in [9.17, 15) is 10.1 Å². The van der Waals surface area contributed by atoms with Crippen LogP contribution in [0.1, 0.15) is 12.8 Å². The molecule has 0 bridgehead atoms. The quantitative estimate of drug-likeness (QED) is 0.518. The van der Waals surface area contributed by atoms with Crippen LogP contribution >= 0.6 is 11.6 Å². The third-order valence-corrected chi connectivity index (χ3v) is 3.25. The summed E-state index contributed by atoms with van der Waals surface area (Å²) < 4.78 is 0. The van der Waals surface area contributed by atoms with Gasteiger partial charge in [-0.15, -0.1) is 0 Å². The van der Waals surface area contributed by atoms with Crippen LogP contribution in [0.25, 0.3) is 0 Å². The smallest absolute Gasteiger partial charge is 0.276 e. The maximum Gasteiger partial charge on any atom is 0.276 e. The highest BCUT2D eigenvalue weighted by Crippen LogP contribution is 2.22. The van der Waals surface area contributed by atoms with Crippen LogP contribution in [0.15, 0.2) is 12.1 Å². The van der Waals surface area contributed by atoms with Crippen molar-refractivity contribution in [1.29, 1.82) is 0 Å². The molecule has 0 saturated carbocycles. The lowest BCUT2D eigenvalue weighted by molar-refractivity contribution is -0.384. The molecule has 0 radical (unpaired) electrons. The second kappa shape index (κ2) is 5.49. The van der Waals surface area contributed by atoms with Crippen LogP contribution in [0.4, 0.5) is 11.5 Å². The van der Waals surface area contributed by atoms with Gasteiger partial charge in [-0.1, -0.05) is 11.6 Å². The van der Waals surface area contributed by atoms with E-state index in [1.54, 1.807) is 0 Å². The average Bonchev–Trinajstić information content (AvgIpc) is 2.31. The van der Waals surface area contributed by atoms with Gasteiger partial charge in [0.25, 0.3) is 5.69 Å². The van der Waals surface area contributed by atoms with E-state index in [0.717, 1.165) is 25.9 Å². The fourth-order valence-electron chi connectivity index (χ4n) is 2.02. The Kier molecular flexibility index (Phi) is 3.98. The van der Waals surface area contributed by atoms with Crippen LogP contribution < -0.4 is 5.32 Å². The Labute approximate surface area is 110 Å². The van der Waals surface area contributed by atoms with Crippen molar-refractivity contribution in [2.45, 2.75) is 18.9 Å². The third kappa shape index (κ3) is 3.30. The van der Waals surface area contributed by atoms with Gasteiger partial charge in [0, 0.05) is 6.04 Å². The van der Waals surface area contributed by atoms with Gasteiger partial charge >= 0.3 is 0 Å². The summed E-state index contributed by atoms with van der Waals surface area (Å²) >= 11 is 5.77. The summed E-state index contributed by atoms with van der Waals surface area (Å²) in [4.78, 5) is 16.6. The highest BCUT2D eigenvalue weighted by atomic mass is 35.5. The predicted octanol–water partition coefficient (Wildman–Crippen LogP) is 2.15. The molecule has 1 aromatic heterocycles. The minimum absolute atomic E-state index is 0.0366. The van der Waals surface area contributed by atoms with Crippen molar-refractivity contribution < 1.29 is 4.92 Å². The lowest BCUT2D eigenvalue weighted by atomic mass is 10.1. The molecule has 6 nitrogen and oxygen atoms in total. The summed E-state index contributed by atoms with van der Waals surface area (Å²) in [6.07, 6.45) is 2.00. The molecular weight excluding hydrogens is 256 g/mol. The summed E-state index contributed by atoms with van der Waals surface area (Å²) in [7, 11) is 2.08. The van der Waals surface area contributed by atoms with E-state index in [2.05, 4.69) is 22.2 Å². The normalized spacial score (nSPS) is 17.7. The molecule has 2 rings (SSSR count). The van der Waals surface area contributed by atoms with Crippen molar-refractivity contribution in [3.05, 3.63) is 27.4 Å². The van der Waals surface area contributed by atoms with Crippen LogP contribution in [-0.4, -0.2) is 41.0 Å². The SMILES string of the molecule is CN1CCC(Nc2cc([N+](=O)[O-])cc(Cl)n2)CC1. The number of halogens is 1. The molecule has 18 heavy (non-hydrogen) atoms. The monoisotopic (exact) mass is 270 g/mol. The molecule has 1 fully saturated rings. The first-order chi connectivity index (χ1) is 8.54. The molecule has 7 heteroatoms. The summed E-state index contributed by atoms with van der Waals surface area (Å²) in [6, 6.07) is 2.97. The second-order valence-corrected chi connectivity index (χ2v) is 4.90. The molecule has 0 aromatic carbocycles. The molecule has 1 N–H and O–H groups in total. The average molecular weight is 271 g/mol. The Morgan fingerprint density at radius 2 is 2.17 bits per heavy atom. The van der Waals surface area contributed by atoms with Crippen molar-refractivity contribution in [3.8, 4) is 0 Å². The summed E-state index contributed by atoms with van der Waals surface area (Å²) in [5.74, 6) is 0.476. The van der Waals surface area contributed by atoms with Gasteiger partial charge < -0.3 is 10.2 Å². The Hall–Kier alpha value is -1.40. The molecule has 2 heterocycles. The summed E-state index contributed by atoms with van der Waals surface area (Å²) in [5.41, 5.74) is -0.0366. The summed E-state index contributed by atoms with van der Waals surface area (Å²) in [6.45, 7) is 2.03. The highest BCUT2D eigenvalue weighted by molar-refractivity contribution is 6.29. The number of rotatable bonds is 3. The molecule has 1 aliphatic rings. The fourth-order valence-corrected chi connectivity index (χ4v) is 2.23. The van der Waals surface area contributed by atoms with Crippen LogP contribution in [0.5, 0.6) is 0 Å². The number of piperidine rings is 1. The number of anilines is 1. The first-order valence-corrected chi connectivity index (χ1v) is 6.19. The summed E-state index contributed by atoms with van der Waals surface area (Å²) in [5, 5.41) is 14.1. The van der Waals surface area contributed by atoms with E-state index in [-0.39, 0.29) is 10.8 Å². The topological polar surface area (TPSA) is 71.3 Å². The molecule has 0 aliphatic carbocycles. The number of likely N-dealkylation sites (tertiary alicyclic amines) is 1. The Morgan fingerprint density at radius 3 is 2.78 bits per heavy atom. The molecule has 1 aromatic rings. The molecule has 1 saturated heterocycles. The predicted molar refractivity (Wildman–Crippen MR) is 70.0 cm³/mol. The fraction of sp³-hybridized carbons (Fsp3) is 0.545. The maximum absolute atomic E-state index is 10.7. The maximum atomic E-state index is 10.7. The van der Waals surface area contributed by atoms with Gasteiger partial charge in [-0.05, 0) is 33.0 Å². The van der Waals surface area contributed by atoms with E-state index in [1.807, 2.05) is 0 Å². The standard InChI is InChI=1S/C11H15ClN4O2/c1-15-4-2-8(3-5-15)13-11-7-9(16(17)18)6-10(12)14-11/h6-8H,2-5H2,1H3,(H,13,14). The molecule has 0 unspecified atom stereocenters. The van der Waals surface area contributed by atoms with Crippen LogP contribution in [0.2, 0.25) is 5.15 Å². The van der Waals surface area contributed by atoms with Gasteiger partial charge in [-0.3, -0.25) is 10.1 Å². The van der Waals surface area contributed by atoms with Crippen molar-refractivity contribution in [2.75, 3.05) is 25.5 Å². The molecule has 98 valence electrons. The number of nitrogens with zero attached hydrogens (tertiary/aromatic N) is 3. The third-order valence-electron chi connectivity index (χ3n) is 3.06. The zero-order chi connectivity index (χ0) is 13.1. The number of aromatic nitrogens is 1. The lowest BCUT2D eigenvalue weighted by Crippen LogP contribution is -2.36. The molecular formula is C11H15ClN4O2. The lowest BCUT2D eigenvalue weighted by Gasteiger charge is -2.29. The van der Waals surface area contributed by atoms with E-state index in [1.165, 1.54) is 12.1 Å². The molecule has 0 amide bonds. The van der Waals surface area contributed by atoms with Crippen molar-refractivity contribution in [1.82, 2.24) is 9.88 Å². The number of pyridine rings is 1. The van der Waals surface area contributed by atoms with Crippen LogP contribution in [0, 0.1) is 10.1 Å². The molecule has 0 spiro atoms. The minimum Gasteiger partial charge on any atom is -0.367 e. The van der Waals surface area contributed by atoms with E-state index >= 15 is 0 Å². The largest absolute Gasteiger partial charge is 0.367 e.